The number of hydrogen-bond donors (Lipinski definition) is 0. The van der Waals surface area contributed by atoms with E-state index in [0.717, 1.165) is 43.6 Å². The highest BCUT2D eigenvalue weighted by molar-refractivity contribution is 6.02. The van der Waals surface area contributed by atoms with E-state index in [1.54, 1.807) is 4.90 Å². The number of rotatable bonds is 4. The zero-order chi connectivity index (χ0) is 18.9. The van der Waals surface area contributed by atoms with E-state index in [1.165, 1.54) is 0 Å². The maximum absolute atomic E-state index is 12.8. The van der Waals surface area contributed by atoms with Gasteiger partial charge in [-0.1, -0.05) is 33.8 Å². The normalized spacial score (nSPS) is 18.5. The summed E-state index contributed by atoms with van der Waals surface area (Å²) in [5, 5.41) is 0. The molecule has 5 nitrogen and oxygen atoms in total. The second-order valence-corrected chi connectivity index (χ2v) is 8.25. The van der Waals surface area contributed by atoms with E-state index in [0.29, 0.717) is 11.7 Å². The molecule has 0 atom stereocenters. The maximum Gasteiger partial charge on any atom is 0.265 e. The molecule has 1 aromatic rings. The number of nitrogens with zero attached hydrogens (tertiary/aromatic N) is 2. The van der Waals surface area contributed by atoms with Gasteiger partial charge in [0.15, 0.2) is 6.61 Å². The number of benzene rings is 1. The van der Waals surface area contributed by atoms with Gasteiger partial charge < -0.3 is 9.64 Å². The van der Waals surface area contributed by atoms with E-state index in [-0.39, 0.29) is 30.4 Å². The summed E-state index contributed by atoms with van der Waals surface area (Å²) in [6.07, 6.45) is 3.06. The first-order valence-corrected chi connectivity index (χ1v) is 9.67. The molecule has 0 aliphatic carbocycles. The fraction of sp³-hybridized carbons (Fsp3) is 0.619. The van der Waals surface area contributed by atoms with E-state index in [4.69, 9.17) is 4.74 Å². The highest BCUT2D eigenvalue weighted by Gasteiger charge is 2.31. The molecule has 0 radical (unpaired) electrons. The predicted molar refractivity (Wildman–Crippen MR) is 103 cm³/mol. The van der Waals surface area contributed by atoms with Gasteiger partial charge in [0.05, 0.1) is 5.69 Å². The second-order valence-electron chi connectivity index (χ2n) is 8.25. The van der Waals surface area contributed by atoms with Gasteiger partial charge in [-0.3, -0.25) is 14.5 Å². The average Bonchev–Trinajstić information content (AvgIpc) is 2.64. The molecule has 1 aromatic carbocycles. The SMILES string of the molecule is CCC(C)(C)c1ccc2c(c1)N(CC(=O)N1CCC(C)CC1)C(=O)CO2. The molecule has 0 saturated carbocycles. The Labute approximate surface area is 156 Å². The highest BCUT2D eigenvalue weighted by atomic mass is 16.5. The zero-order valence-corrected chi connectivity index (χ0v) is 16.4. The smallest absolute Gasteiger partial charge is 0.265 e. The number of carbonyl (C=O) groups excluding carboxylic acids is 2. The van der Waals surface area contributed by atoms with Crippen molar-refractivity contribution in [2.45, 2.75) is 52.4 Å². The van der Waals surface area contributed by atoms with E-state index in [2.05, 4.69) is 33.8 Å². The topological polar surface area (TPSA) is 49.9 Å². The fourth-order valence-electron chi connectivity index (χ4n) is 3.49. The summed E-state index contributed by atoms with van der Waals surface area (Å²) in [6.45, 7) is 10.4. The van der Waals surface area contributed by atoms with Gasteiger partial charge in [-0.2, -0.15) is 0 Å². The van der Waals surface area contributed by atoms with E-state index in [1.807, 2.05) is 17.0 Å². The van der Waals surface area contributed by atoms with Gasteiger partial charge >= 0.3 is 0 Å². The van der Waals surface area contributed by atoms with Crippen LogP contribution in [0, 0.1) is 5.92 Å². The third-order valence-electron chi connectivity index (χ3n) is 6.00. The van der Waals surface area contributed by atoms with Crippen LogP contribution in [0.15, 0.2) is 18.2 Å². The zero-order valence-electron chi connectivity index (χ0n) is 16.4. The van der Waals surface area contributed by atoms with Crippen LogP contribution in [0.1, 0.15) is 52.5 Å². The van der Waals surface area contributed by atoms with Crippen molar-refractivity contribution in [1.29, 1.82) is 0 Å². The van der Waals surface area contributed by atoms with Crippen molar-refractivity contribution < 1.29 is 14.3 Å². The standard InChI is InChI=1S/C21H30N2O3/c1-5-21(3,4)16-6-7-18-17(12-16)23(20(25)14-26-18)13-19(24)22-10-8-15(2)9-11-22/h6-7,12,15H,5,8-11,13-14H2,1-4H3. The number of amides is 2. The van der Waals surface area contributed by atoms with Gasteiger partial charge in [0.1, 0.15) is 12.3 Å². The minimum atomic E-state index is -0.150. The minimum Gasteiger partial charge on any atom is -0.482 e. The second kappa shape index (κ2) is 7.29. The van der Waals surface area contributed by atoms with Crippen molar-refractivity contribution in [3.05, 3.63) is 23.8 Å². The van der Waals surface area contributed by atoms with Crippen molar-refractivity contribution in [2.24, 2.45) is 5.92 Å². The first kappa shape index (κ1) is 18.7. The fourth-order valence-corrected chi connectivity index (χ4v) is 3.49. The monoisotopic (exact) mass is 358 g/mol. The lowest BCUT2D eigenvalue weighted by Gasteiger charge is -2.35. The summed E-state index contributed by atoms with van der Waals surface area (Å²) in [6, 6.07) is 6.00. The molecule has 0 bridgehead atoms. The van der Waals surface area contributed by atoms with Crippen LogP contribution >= 0.6 is 0 Å². The Morgan fingerprint density at radius 1 is 1.27 bits per heavy atom. The van der Waals surface area contributed by atoms with Crippen molar-refractivity contribution in [2.75, 3.05) is 31.1 Å². The molecule has 2 aliphatic rings. The van der Waals surface area contributed by atoms with Crippen molar-refractivity contribution in [3.63, 3.8) is 0 Å². The van der Waals surface area contributed by atoms with Gasteiger partial charge in [0.25, 0.3) is 5.91 Å². The van der Waals surface area contributed by atoms with Gasteiger partial charge in [-0.25, -0.2) is 0 Å². The van der Waals surface area contributed by atoms with Crippen LogP contribution in [-0.4, -0.2) is 43.0 Å². The predicted octanol–water partition coefficient (Wildman–Crippen LogP) is 3.36. The Hall–Kier alpha value is -2.04. The lowest BCUT2D eigenvalue weighted by Crippen LogP contribution is -2.48. The lowest BCUT2D eigenvalue weighted by molar-refractivity contribution is -0.133. The molecule has 5 heteroatoms. The summed E-state index contributed by atoms with van der Waals surface area (Å²) in [5.41, 5.74) is 1.88. The van der Waals surface area contributed by atoms with Crippen LogP contribution in [0.25, 0.3) is 0 Å². The molecule has 3 rings (SSSR count). The van der Waals surface area contributed by atoms with E-state index in [9.17, 15) is 9.59 Å². The van der Waals surface area contributed by atoms with Crippen LogP contribution in [0.2, 0.25) is 0 Å². The molecule has 142 valence electrons. The number of likely N-dealkylation sites (tertiary alicyclic amines) is 1. The highest BCUT2D eigenvalue weighted by Crippen LogP contribution is 2.37. The number of ether oxygens (including phenoxy) is 1. The molecule has 2 heterocycles. The molecular weight excluding hydrogens is 328 g/mol. The molecule has 0 spiro atoms. The Balaban J connectivity index is 1.83. The quantitative estimate of drug-likeness (QED) is 0.829. The average molecular weight is 358 g/mol. The summed E-state index contributed by atoms with van der Waals surface area (Å²) in [5.74, 6) is 1.23. The summed E-state index contributed by atoms with van der Waals surface area (Å²) in [7, 11) is 0. The first-order valence-electron chi connectivity index (χ1n) is 9.67. The molecule has 1 saturated heterocycles. The number of carbonyl (C=O) groups is 2. The Bertz CT molecular complexity index is 690. The maximum atomic E-state index is 12.8. The van der Waals surface area contributed by atoms with Crippen molar-refractivity contribution in [1.82, 2.24) is 4.90 Å². The molecule has 2 amide bonds. The summed E-state index contributed by atoms with van der Waals surface area (Å²) < 4.78 is 5.59. The minimum absolute atomic E-state index is 0.00612. The largest absolute Gasteiger partial charge is 0.482 e. The van der Waals surface area contributed by atoms with Crippen LogP contribution in [-0.2, 0) is 15.0 Å². The Morgan fingerprint density at radius 3 is 2.62 bits per heavy atom. The number of fused-ring (bicyclic) bond motifs is 1. The number of hydrogen-bond acceptors (Lipinski definition) is 3. The van der Waals surface area contributed by atoms with Crippen LogP contribution < -0.4 is 9.64 Å². The lowest BCUT2D eigenvalue weighted by atomic mass is 9.82. The van der Waals surface area contributed by atoms with Gasteiger partial charge in [0, 0.05) is 13.1 Å². The molecule has 0 aromatic heterocycles. The summed E-state index contributed by atoms with van der Waals surface area (Å²) >= 11 is 0. The third-order valence-corrected chi connectivity index (χ3v) is 6.00. The molecule has 0 N–H and O–H groups in total. The van der Waals surface area contributed by atoms with Crippen LogP contribution in [0.4, 0.5) is 5.69 Å². The number of piperidine rings is 1. The Morgan fingerprint density at radius 2 is 1.96 bits per heavy atom. The Kier molecular flexibility index (Phi) is 5.26. The van der Waals surface area contributed by atoms with Crippen molar-refractivity contribution in [3.8, 4) is 5.75 Å². The van der Waals surface area contributed by atoms with E-state index >= 15 is 0 Å². The molecule has 2 aliphatic heterocycles. The van der Waals surface area contributed by atoms with Gasteiger partial charge in [-0.15, -0.1) is 0 Å². The summed E-state index contributed by atoms with van der Waals surface area (Å²) in [4.78, 5) is 28.7. The number of anilines is 1. The third kappa shape index (κ3) is 3.71. The van der Waals surface area contributed by atoms with E-state index < -0.39 is 0 Å². The first-order chi connectivity index (χ1) is 12.3. The molecule has 1 fully saturated rings. The van der Waals surface area contributed by atoms with Crippen molar-refractivity contribution >= 4 is 17.5 Å². The van der Waals surface area contributed by atoms with Crippen LogP contribution in [0.3, 0.4) is 0 Å². The van der Waals surface area contributed by atoms with Gasteiger partial charge in [-0.05, 0) is 48.3 Å². The van der Waals surface area contributed by atoms with Crippen LogP contribution in [0.5, 0.6) is 5.75 Å². The molecule has 26 heavy (non-hydrogen) atoms. The molecule has 0 unspecified atom stereocenters. The van der Waals surface area contributed by atoms with Gasteiger partial charge in [0.2, 0.25) is 5.91 Å². The molecular formula is C21H30N2O3.